The number of aliphatic hydroxyl groups excluding tert-OH is 1. The highest BCUT2D eigenvalue weighted by molar-refractivity contribution is 6.33. The lowest BCUT2D eigenvalue weighted by Gasteiger charge is -2.22. The van der Waals surface area contributed by atoms with E-state index < -0.39 is 0 Å². The normalized spacial score (nSPS) is 20.3. The second-order valence-electron chi connectivity index (χ2n) is 4.80. The number of halogens is 1. The molecule has 0 aliphatic carbocycles. The molecule has 1 aromatic carbocycles. The minimum Gasteiger partial charge on any atom is -0.392 e. The van der Waals surface area contributed by atoms with Gasteiger partial charge in [-0.2, -0.15) is 0 Å². The minimum absolute atomic E-state index is 0.0420. The van der Waals surface area contributed by atoms with Gasteiger partial charge < -0.3 is 14.9 Å². The van der Waals surface area contributed by atoms with Gasteiger partial charge in [-0.1, -0.05) is 17.7 Å². The molecule has 1 aliphatic rings. The summed E-state index contributed by atoms with van der Waals surface area (Å²) in [6.45, 7) is 2.10. The summed E-state index contributed by atoms with van der Waals surface area (Å²) in [5, 5.41) is 9.79. The molecule has 1 unspecified atom stereocenters. The van der Waals surface area contributed by atoms with E-state index in [1.807, 2.05) is 18.2 Å². The van der Waals surface area contributed by atoms with Gasteiger partial charge in [0.15, 0.2) is 0 Å². The van der Waals surface area contributed by atoms with Gasteiger partial charge in [0.2, 0.25) is 0 Å². The largest absolute Gasteiger partial charge is 0.392 e. The van der Waals surface area contributed by atoms with Crippen molar-refractivity contribution < 1.29 is 5.11 Å². The number of anilines is 1. The lowest BCUT2D eigenvalue weighted by Crippen LogP contribution is -2.31. The number of hydrogen-bond donors (Lipinski definition) is 1. The molecule has 1 aromatic rings. The molecule has 0 bridgehead atoms. The lowest BCUT2D eigenvalue weighted by atomic mass is 10.2. The standard InChI is InChI=1S/C13H19ClN2O/c1-15(2)11-5-6-16(8-11)13-4-3-10(9-17)7-12(13)14/h3-4,7,11,17H,5-6,8-9H2,1-2H3. The smallest absolute Gasteiger partial charge is 0.0682 e. The SMILES string of the molecule is CN(C)C1CCN(c2ccc(CO)cc2Cl)C1. The first-order valence-electron chi connectivity index (χ1n) is 5.92. The maximum absolute atomic E-state index is 9.05. The Morgan fingerprint density at radius 1 is 1.47 bits per heavy atom. The van der Waals surface area contributed by atoms with Crippen molar-refractivity contribution in [3.8, 4) is 0 Å². The topological polar surface area (TPSA) is 26.7 Å². The van der Waals surface area contributed by atoms with E-state index in [9.17, 15) is 0 Å². The van der Waals surface area contributed by atoms with Crippen LogP contribution >= 0.6 is 11.6 Å². The fraction of sp³-hybridized carbons (Fsp3) is 0.538. The van der Waals surface area contributed by atoms with Crippen molar-refractivity contribution in [2.45, 2.75) is 19.1 Å². The highest BCUT2D eigenvalue weighted by Crippen LogP contribution is 2.30. The summed E-state index contributed by atoms with van der Waals surface area (Å²) in [5.74, 6) is 0. The van der Waals surface area contributed by atoms with Crippen LogP contribution < -0.4 is 4.90 Å². The number of hydrogen-bond acceptors (Lipinski definition) is 3. The van der Waals surface area contributed by atoms with Crippen LogP contribution in [-0.2, 0) is 6.61 Å². The van der Waals surface area contributed by atoms with Crippen LogP contribution in [0, 0.1) is 0 Å². The van der Waals surface area contributed by atoms with Gasteiger partial charge in [0, 0.05) is 19.1 Å². The third-order valence-electron chi connectivity index (χ3n) is 3.43. The quantitative estimate of drug-likeness (QED) is 0.894. The summed E-state index contributed by atoms with van der Waals surface area (Å²) in [4.78, 5) is 4.57. The second kappa shape index (κ2) is 5.25. The third kappa shape index (κ3) is 2.73. The molecule has 94 valence electrons. The summed E-state index contributed by atoms with van der Waals surface area (Å²) in [5.41, 5.74) is 1.94. The Morgan fingerprint density at radius 2 is 2.24 bits per heavy atom. The van der Waals surface area contributed by atoms with Crippen molar-refractivity contribution in [1.82, 2.24) is 4.90 Å². The van der Waals surface area contributed by atoms with Crippen molar-refractivity contribution in [1.29, 1.82) is 0 Å². The van der Waals surface area contributed by atoms with Crippen LogP contribution in [0.3, 0.4) is 0 Å². The zero-order valence-electron chi connectivity index (χ0n) is 10.4. The summed E-state index contributed by atoms with van der Waals surface area (Å²) in [6, 6.07) is 6.39. The molecular weight excluding hydrogens is 236 g/mol. The van der Waals surface area contributed by atoms with Gasteiger partial charge in [-0.25, -0.2) is 0 Å². The van der Waals surface area contributed by atoms with E-state index >= 15 is 0 Å². The van der Waals surface area contributed by atoms with Crippen molar-refractivity contribution >= 4 is 17.3 Å². The monoisotopic (exact) mass is 254 g/mol. The van der Waals surface area contributed by atoms with Gasteiger partial charge >= 0.3 is 0 Å². The molecule has 0 amide bonds. The molecule has 0 spiro atoms. The number of benzene rings is 1. The first-order chi connectivity index (χ1) is 8.11. The van der Waals surface area contributed by atoms with E-state index in [-0.39, 0.29) is 6.61 Å². The van der Waals surface area contributed by atoms with Crippen molar-refractivity contribution in [3.63, 3.8) is 0 Å². The first-order valence-corrected chi connectivity index (χ1v) is 6.30. The predicted molar refractivity (Wildman–Crippen MR) is 71.7 cm³/mol. The van der Waals surface area contributed by atoms with E-state index in [1.54, 1.807) is 0 Å². The van der Waals surface area contributed by atoms with Gasteiger partial charge in [-0.05, 0) is 38.2 Å². The molecule has 1 aliphatic heterocycles. The highest BCUT2D eigenvalue weighted by atomic mass is 35.5. The zero-order valence-corrected chi connectivity index (χ0v) is 11.1. The average molecular weight is 255 g/mol. The van der Waals surface area contributed by atoms with Crippen molar-refractivity contribution in [3.05, 3.63) is 28.8 Å². The van der Waals surface area contributed by atoms with Crippen LogP contribution in [0.1, 0.15) is 12.0 Å². The highest BCUT2D eigenvalue weighted by Gasteiger charge is 2.25. The lowest BCUT2D eigenvalue weighted by molar-refractivity contribution is 0.282. The molecule has 0 aromatic heterocycles. The Bertz CT molecular complexity index is 395. The molecule has 1 heterocycles. The molecule has 1 fully saturated rings. The molecule has 0 radical (unpaired) electrons. The number of nitrogens with zero attached hydrogens (tertiary/aromatic N) is 2. The third-order valence-corrected chi connectivity index (χ3v) is 3.73. The average Bonchev–Trinajstić information content (AvgIpc) is 2.78. The molecule has 1 N–H and O–H groups in total. The molecule has 1 saturated heterocycles. The summed E-state index contributed by atoms with van der Waals surface area (Å²) in [6.07, 6.45) is 1.17. The Kier molecular flexibility index (Phi) is 3.92. The molecule has 1 atom stereocenters. The maximum atomic E-state index is 9.05. The van der Waals surface area contributed by atoms with Crippen molar-refractivity contribution in [2.24, 2.45) is 0 Å². The number of likely N-dealkylation sites (N-methyl/N-ethyl adjacent to an activating group) is 1. The van der Waals surface area contributed by atoms with Crippen molar-refractivity contribution in [2.75, 3.05) is 32.1 Å². The van der Waals surface area contributed by atoms with Gasteiger partial charge in [0.25, 0.3) is 0 Å². The second-order valence-corrected chi connectivity index (χ2v) is 5.20. The summed E-state index contributed by atoms with van der Waals surface area (Å²) in [7, 11) is 4.23. The van der Waals surface area contributed by atoms with E-state index in [4.69, 9.17) is 16.7 Å². The van der Waals surface area contributed by atoms with Crippen LogP contribution in [0.2, 0.25) is 5.02 Å². The van der Waals surface area contributed by atoms with E-state index in [0.29, 0.717) is 6.04 Å². The van der Waals surface area contributed by atoms with Crippen LogP contribution in [-0.4, -0.2) is 43.2 Å². The summed E-state index contributed by atoms with van der Waals surface area (Å²) < 4.78 is 0. The van der Waals surface area contributed by atoms with Gasteiger partial charge in [-0.15, -0.1) is 0 Å². The zero-order chi connectivity index (χ0) is 12.4. The fourth-order valence-corrected chi connectivity index (χ4v) is 2.61. The van der Waals surface area contributed by atoms with E-state index in [0.717, 1.165) is 29.4 Å². The van der Waals surface area contributed by atoms with Crippen LogP contribution in [0.4, 0.5) is 5.69 Å². The maximum Gasteiger partial charge on any atom is 0.0682 e. The van der Waals surface area contributed by atoms with E-state index in [1.165, 1.54) is 6.42 Å². The Labute approximate surface area is 108 Å². The van der Waals surface area contributed by atoms with Crippen LogP contribution in [0.25, 0.3) is 0 Å². The number of aliphatic hydroxyl groups is 1. The number of rotatable bonds is 3. The molecule has 17 heavy (non-hydrogen) atoms. The molecule has 3 nitrogen and oxygen atoms in total. The van der Waals surface area contributed by atoms with Gasteiger partial charge in [-0.3, -0.25) is 0 Å². The first kappa shape index (κ1) is 12.7. The fourth-order valence-electron chi connectivity index (χ4n) is 2.29. The molecule has 0 saturated carbocycles. The van der Waals surface area contributed by atoms with Crippen LogP contribution in [0.15, 0.2) is 18.2 Å². The molecule has 4 heteroatoms. The Morgan fingerprint density at radius 3 is 2.76 bits per heavy atom. The van der Waals surface area contributed by atoms with E-state index in [2.05, 4.69) is 23.9 Å². The minimum atomic E-state index is 0.0420. The predicted octanol–water partition coefficient (Wildman–Crippen LogP) is 1.97. The summed E-state index contributed by atoms with van der Waals surface area (Å²) >= 11 is 6.25. The van der Waals surface area contributed by atoms with Crippen LogP contribution in [0.5, 0.6) is 0 Å². The molecule has 2 rings (SSSR count). The Balaban J connectivity index is 2.13. The van der Waals surface area contributed by atoms with Gasteiger partial charge in [0.05, 0.1) is 17.3 Å². The Hall–Kier alpha value is -0.770. The molecular formula is C13H19ClN2O. The van der Waals surface area contributed by atoms with Gasteiger partial charge in [0.1, 0.15) is 0 Å².